The predicted molar refractivity (Wildman–Crippen MR) is 61.2 cm³/mol. The highest BCUT2D eigenvalue weighted by Gasteiger charge is 2.09. The molecule has 0 unspecified atom stereocenters. The Morgan fingerprint density at radius 1 is 1.38 bits per heavy atom. The molecule has 86 valence electrons. The fourth-order valence-corrected chi connectivity index (χ4v) is 1.70. The van der Waals surface area contributed by atoms with E-state index in [1.165, 1.54) is 0 Å². The molecule has 0 saturated heterocycles. The van der Waals surface area contributed by atoms with Crippen LogP contribution in [0.3, 0.4) is 0 Å². The van der Waals surface area contributed by atoms with Gasteiger partial charge >= 0.3 is 0 Å². The van der Waals surface area contributed by atoms with Crippen molar-refractivity contribution in [3.05, 3.63) is 28.9 Å². The molecule has 0 amide bonds. The lowest BCUT2D eigenvalue weighted by atomic mass is 10.2. The van der Waals surface area contributed by atoms with Crippen molar-refractivity contribution in [2.75, 3.05) is 5.32 Å². The summed E-state index contributed by atoms with van der Waals surface area (Å²) in [5.41, 5.74) is 3.03. The molecule has 2 rings (SSSR count). The topological polar surface area (TPSA) is 55.9 Å². The lowest BCUT2D eigenvalue weighted by Crippen LogP contribution is -2.05. The predicted octanol–water partition coefficient (Wildman–Crippen LogP) is 1.95. The molecule has 5 nitrogen and oxygen atoms in total. The van der Waals surface area contributed by atoms with Crippen LogP contribution in [0.5, 0.6) is 0 Å². The molecular formula is C11H16N4O. The zero-order chi connectivity index (χ0) is 11.7. The molecule has 0 atom stereocenters. The smallest absolute Gasteiger partial charge is 0.203 e. The van der Waals surface area contributed by atoms with Gasteiger partial charge < -0.3 is 14.4 Å². The van der Waals surface area contributed by atoms with Gasteiger partial charge in [0, 0.05) is 25.4 Å². The summed E-state index contributed by atoms with van der Waals surface area (Å²) in [6.45, 7) is 6.52. The molecule has 2 heterocycles. The molecule has 0 aliphatic rings. The monoisotopic (exact) mass is 220 g/mol. The number of aromatic nitrogens is 3. The minimum Gasteiger partial charge on any atom is -0.361 e. The molecule has 1 N–H and O–H groups in total. The summed E-state index contributed by atoms with van der Waals surface area (Å²) in [6.07, 6.45) is 1.98. The second-order valence-corrected chi connectivity index (χ2v) is 3.97. The van der Waals surface area contributed by atoms with Gasteiger partial charge in [-0.3, -0.25) is 0 Å². The van der Waals surface area contributed by atoms with E-state index in [4.69, 9.17) is 4.52 Å². The maximum absolute atomic E-state index is 5.10. The Bertz CT molecular complexity index is 479. The minimum absolute atomic E-state index is 0.686. The third kappa shape index (κ3) is 1.93. The van der Waals surface area contributed by atoms with Gasteiger partial charge in [0.1, 0.15) is 5.76 Å². The fourth-order valence-electron chi connectivity index (χ4n) is 1.70. The number of nitrogens with one attached hydrogen (secondary N) is 1. The van der Waals surface area contributed by atoms with Gasteiger partial charge in [0.15, 0.2) is 0 Å². The number of rotatable bonds is 3. The summed E-state index contributed by atoms with van der Waals surface area (Å²) in [6, 6.07) is 0. The molecule has 2 aromatic heterocycles. The zero-order valence-corrected chi connectivity index (χ0v) is 10.0. The van der Waals surface area contributed by atoms with Crippen LogP contribution in [0.25, 0.3) is 0 Å². The average Bonchev–Trinajstić information content (AvgIpc) is 2.69. The molecule has 0 radical (unpaired) electrons. The standard InChI is InChI=1S/C11H16N4O/c1-7-6-15(4)11(13-7)12-5-10-8(2)14-16-9(10)3/h6H,5H2,1-4H3,(H,12,13). The number of aryl methyl sites for hydroxylation is 4. The number of hydrogen-bond acceptors (Lipinski definition) is 4. The summed E-state index contributed by atoms with van der Waals surface area (Å²) in [5, 5.41) is 7.18. The Kier molecular flexibility index (Phi) is 2.68. The van der Waals surface area contributed by atoms with Crippen LogP contribution in [0.15, 0.2) is 10.7 Å². The summed E-state index contributed by atoms with van der Waals surface area (Å²) in [5.74, 6) is 1.72. The molecule has 0 bridgehead atoms. The number of anilines is 1. The van der Waals surface area contributed by atoms with Gasteiger partial charge in [-0.25, -0.2) is 4.98 Å². The molecular weight excluding hydrogens is 204 g/mol. The van der Waals surface area contributed by atoms with E-state index in [2.05, 4.69) is 15.5 Å². The van der Waals surface area contributed by atoms with E-state index in [9.17, 15) is 0 Å². The van der Waals surface area contributed by atoms with Crippen LogP contribution in [0.2, 0.25) is 0 Å². The first-order chi connectivity index (χ1) is 7.58. The molecule has 0 fully saturated rings. The highest BCUT2D eigenvalue weighted by molar-refractivity contribution is 5.32. The van der Waals surface area contributed by atoms with E-state index >= 15 is 0 Å². The lowest BCUT2D eigenvalue weighted by molar-refractivity contribution is 0.392. The van der Waals surface area contributed by atoms with Crippen LogP contribution in [-0.2, 0) is 13.6 Å². The highest BCUT2D eigenvalue weighted by atomic mass is 16.5. The van der Waals surface area contributed by atoms with Gasteiger partial charge in [-0.1, -0.05) is 5.16 Å². The Morgan fingerprint density at radius 3 is 2.62 bits per heavy atom. The summed E-state index contributed by atoms with van der Waals surface area (Å²) in [4.78, 5) is 4.37. The lowest BCUT2D eigenvalue weighted by Gasteiger charge is -2.04. The summed E-state index contributed by atoms with van der Waals surface area (Å²) >= 11 is 0. The van der Waals surface area contributed by atoms with Crippen LogP contribution < -0.4 is 5.32 Å². The van der Waals surface area contributed by atoms with Gasteiger partial charge in [-0.15, -0.1) is 0 Å². The van der Waals surface area contributed by atoms with Gasteiger partial charge in [-0.05, 0) is 20.8 Å². The Balaban J connectivity index is 2.11. The van der Waals surface area contributed by atoms with Crippen LogP contribution in [0.4, 0.5) is 5.95 Å². The first-order valence-corrected chi connectivity index (χ1v) is 5.23. The van der Waals surface area contributed by atoms with E-state index in [0.29, 0.717) is 6.54 Å². The van der Waals surface area contributed by atoms with Gasteiger partial charge in [0.05, 0.1) is 11.4 Å². The normalized spacial score (nSPS) is 10.8. The van der Waals surface area contributed by atoms with Crippen molar-refractivity contribution in [1.82, 2.24) is 14.7 Å². The van der Waals surface area contributed by atoms with Gasteiger partial charge in [0.2, 0.25) is 5.95 Å². The third-order valence-electron chi connectivity index (χ3n) is 2.60. The van der Waals surface area contributed by atoms with Crippen molar-refractivity contribution in [3.8, 4) is 0 Å². The van der Waals surface area contributed by atoms with E-state index < -0.39 is 0 Å². The molecule has 2 aromatic rings. The van der Waals surface area contributed by atoms with Crippen molar-refractivity contribution < 1.29 is 4.52 Å². The second-order valence-electron chi connectivity index (χ2n) is 3.97. The number of imidazole rings is 1. The van der Waals surface area contributed by atoms with Gasteiger partial charge in [0.25, 0.3) is 0 Å². The second kappa shape index (κ2) is 4.00. The summed E-state index contributed by atoms with van der Waals surface area (Å²) in [7, 11) is 1.97. The van der Waals surface area contributed by atoms with Crippen LogP contribution in [0.1, 0.15) is 22.7 Å². The van der Waals surface area contributed by atoms with Crippen LogP contribution >= 0.6 is 0 Å². The molecule has 0 aliphatic heterocycles. The van der Waals surface area contributed by atoms with Crippen molar-refractivity contribution >= 4 is 5.95 Å². The van der Waals surface area contributed by atoms with Gasteiger partial charge in [-0.2, -0.15) is 0 Å². The van der Waals surface area contributed by atoms with Crippen LogP contribution in [0, 0.1) is 20.8 Å². The van der Waals surface area contributed by atoms with Crippen molar-refractivity contribution in [2.45, 2.75) is 27.3 Å². The van der Waals surface area contributed by atoms with Crippen molar-refractivity contribution in [1.29, 1.82) is 0 Å². The number of nitrogens with zero attached hydrogens (tertiary/aromatic N) is 3. The molecule has 0 saturated carbocycles. The van der Waals surface area contributed by atoms with E-state index in [0.717, 1.165) is 28.7 Å². The SMILES string of the molecule is Cc1cn(C)c(NCc2c(C)noc2C)n1. The summed E-state index contributed by atoms with van der Waals surface area (Å²) < 4.78 is 7.07. The Hall–Kier alpha value is -1.78. The molecule has 16 heavy (non-hydrogen) atoms. The molecule has 0 aliphatic carbocycles. The minimum atomic E-state index is 0.686. The quantitative estimate of drug-likeness (QED) is 0.858. The van der Waals surface area contributed by atoms with E-state index in [1.54, 1.807) is 0 Å². The zero-order valence-electron chi connectivity index (χ0n) is 10.0. The van der Waals surface area contributed by atoms with Crippen molar-refractivity contribution in [2.24, 2.45) is 7.05 Å². The maximum Gasteiger partial charge on any atom is 0.203 e. The number of hydrogen-bond donors (Lipinski definition) is 1. The van der Waals surface area contributed by atoms with Crippen LogP contribution in [-0.4, -0.2) is 14.7 Å². The van der Waals surface area contributed by atoms with E-state index in [1.807, 2.05) is 38.6 Å². The maximum atomic E-state index is 5.10. The average molecular weight is 220 g/mol. The Morgan fingerprint density at radius 2 is 2.12 bits per heavy atom. The van der Waals surface area contributed by atoms with E-state index in [-0.39, 0.29) is 0 Å². The van der Waals surface area contributed by atoms with Crippen molar-refractivity contribution in [3.63, 3.8) is 0 Å². The Labute approximate surface area is 94.5 Å². The molecule has 0 aromatic carbocycles. The molecule has 0 spiro atoms. The first kappa shape index (κ1) is 10.7. The largest absolute Gasteiger partial charge is 0.361 e. The highest BCUT2D eigenvalue weighted by Crippen LogP contribution is 2.14. The third-order valence-corrected chi connectivity index (χ3v) is 2.60. The fraction of sp³-hybridized carbons (Fsp3) is 0.455. The molecule has 5 heteroatoms. The first-order valence-electron chi connectivity index (χ1n) is 5.23.